The van der Waals surface area contributed by atoms with Crippen LogP contribution in [-0.4, -0.2) is 29.0 Å². The number of thiophene rings is 1. The second-order valence-electron chi connectivity index (χ2n) is 5.08. The van der Waals surface area contributed by atoms with Crippen molar-refractivity contribution in [3.05, 3.63) is 52.7 Å². The van der Waals surface area contributed by atoms with E-state index >= 15 is 0 Å². The SMILES string of the molecule is CNC(=O)c1cc(Oc2ccc3c(C)c(C(=O)O)sc3c2)ccn1. The highest BCUT2D eigenvalue weighted by Crippen LogP contribution is 2.34. The molecular weight excluding hydrogens is 328 g/mol. The number of nitrogens with zero attached hydrogens (tertiary/aromatic N) is 1. The Kier molecular flexibility index (Phi) is 4.18. The summed E-state index contributed by atoms with van der Waals surface area (Å²) in [4.78, 5) is 27.2. The molecule has 0 atom stereocenters. The quantitative estimate of drug-likeness (QED) is 0.758. The minimum absolute atomic E-state index is 0.260. The highest BCUT2D eigenvalue weighted by Gasteiger charge is 2.15. The number of benzene rings is 1. The number of aromatic carboxylic acids is 1. The Labute approximate surface area is 141 Å². The lowest BCUT2D eigenvalue weighted by atomic mass is 10.1. The van der Waals surface area contributed by atoms with Gasteiger partial charge in [-0.1, -0.05) is 0 Å². The normalized spacial score (nSPS) is 10.6. The predicted octanol–water partition coefficient (Wildman–Crippen LogP) is 3.45. The first-order chi connectivity index (χ1) is 11.5. The molecule has 3 aromatic rings. The molecule has 0 radical (unpaired) electrons. The number of carbonyl (C=O) groups excluding carboxylic acids is 1. The number of hydrogen-bond donors (Lipinski definition) is 2. The van der Waals surface area contributed by atoms with Gasteiger partial charge in [-0.15, -0.1) is 11.3 Å². The van der Waals surface area contributed by atoms with E-state index < -0.39 is 5.97 Å². The lowest BCUT2D eigenvalue weighted by Crippen LogP contribution is -2.18. The van der Waals surface area contributed by atoms with Crippen molar-refractivity contribution in [2.75, 3.05) is 7.05 Å². The van der Waals surface area contributed by atoms with Crippen LogP contribution < -0.4 is 10.1 Å². The van der Waals surface area contributed by atoms with Crippen LogP contribution in [-0.2, 0) is 0 Å². The summed E-state index contributed by atoms with van der Waals surface area (Å²) in [6.07, 6.45) is 1.50. The van der Waals surface area contributed by atoms with Crippen LogP contribution >= 0.6 is 11.3 Å². The summed E-state index contributed by atoms with van der Waals surface area (Å²) >= 11 is 1.21. The van der Waals surface area contributed by atoms with Crippen LogP contribution in [0.25, 0.3) is 10.1 Å². The number of fused-ring (bicyclic) bond motifs is 1. The van der Waals surface area contributed by atoms with Gasteiger partial charge in [0, 0.05) is 24.0 Å². The summed E-state index contributed by atoms with van der Waals surface area (Å²) in [5, 5.41) is 12.6. The summed E-state index contributed by atoms with van der Waals surface area (Å²) in [6.45, 7) is 1.79. The Hall–Kier alpha value is -2.93. The molecule has 0 saturated carbocycles. The third kappa shape index (κ3) is 2.93. The maximum absolute atomic E-state index is 11.6. The maximum atomic E-state index is 11.6. The first-order valence-corrected chi connectivity index (χ1v) is 7.93. The molecule has 0 bridgehead atoms. The van der Waals surface area contributed by atoms with Crippen molar-refractivity contribution in [2.45, 2.75) is 6.92 Å². The van der Waals surface area contributed by atoms with Crippen molar-refractivity contribution >= 4 is 33.3 Å². The van der Waals surface area contributed by atoms with Gasteiger partial charge in [0.05, 0.1) is 0 Å². The number of aromatic nitrogens is 1. The monoisotopic (exact) mass is 342 g/mol. The third-order valence-electron chi connectivity index (χ3n) is 3.53. The zero-order valence-electron chi connectivity index (χ0n) is 13.0. The fraction of sp³-hybridized carbons (Fsp3) is 0.118. The molecule has 7 heteroatoms. The number of hydrogen-bond acceptors (Lipinski definition) is 5. The summed E-state index contributed by atoms with van der Waals surface area (Å²) in [6, 6.07) is 8.60. The number of ether oxygens (including phenoxy) is 1. The highest BCUT2D eigenvalue weighted by atomic mass is 32.1. The van der Waals surface area contributed by atoms with Gasteiger partial charge in [-0.05, 0) is 42.1 Å². The zero-order chi connectivity index (χ0) is 17.3. The largest absolute Gasteiger partial charge is 0.477 e. The van der Waals surface area contributed by atoms with E-state index in [1.54, 1.807) is 31.2 Å². The fourth-order valence-electron chi connectivity index (χ4n) is 2.34. The van der Waals surface area contributed by atoms with Crippen LogP contribution in [0.3, 0.4) is 0 Å². The Morgan fingerprint density at radius 1 is 1.21 bits per heavy atom. The van der Waals surface area contributed by atoms with Gasteiger partial charge < -0.3 is 15.2 Å². The molecule has 1 amide bonds. The van der Waals surface area contributed by atoms with Gasteiger partial charge >= 0.3 is 5.97 Å². The van der Waals surface area contributed by atoms with E-state index in [9.17, 15) is 14.7 Å². The molecule has 122 valence electrons. The first-order valence-electron chi connectivity index (χ1n) is 7.12. The molecule has 2 heterocycles. The topological polar surface area (TPSA) is 88.5 Å². The van der Waals surface area contributed by atoms with Crippen LogP contribution in [0.2, 0.25) is 0 Å². The van der Waals surface area contributed by atoms with Crippen LogP contribution in [0, 0.1) is 6.92 Å². The Morgan fingerprint density at radius 2 is 1.96 bits per heavy atom. The van der Waals surface area contributed by atoms with Crippen LogP contribution in [0.15, 0.2) is 36.5 Å². The molecule has 0 aliphatic rings. The van der Waals surface area contributed by atoms with Crippen molar-refractivity contribution in [3.8, 4) is 11.5 Å². The lowest BCUT2D eigenvalue weighted by Gasteiger charge is -2.07. The third-order valence-corrected chi connectivity index (χ3v) is 4.77. The van der Waals surface area contributed by atoms with Crippen molar-refractivity contribution in [2.24, 2.45) is 0 Å². The van der Waals surface area contributed by atoms with Gasteiger partial charge in [0.15, 0.2) is 0 Å². The van der Waals surface area contributed by atoms with E-state index in [2.05, 4.69) is 10.3 Å². The van der Waals surface area contributed by atoms with E-state index in [1.165, 1.54) is 24.6 Å². The molecular formula is C17H14N2O4S. The number of nitrogens with one attached hydrogen (secondary N) is 1. The number of pyridine rings is 1. The molecule has 2 N–H and O–H groups in total. The van der Waals surface area contributed by atoms with E-state index in [-0.39, 0.29) is 11.6 Å². The van der Waals surface area contributed by atoms with Gasteiger partial charge in [0.2, 0.25) is 0 Å². The number of carbonyl (C=O) groups is 2. The minimum atomic E-state index is -0.930. The molecule has 24 heavy (non-hydrogen) atoms. The van der Waals surface area contributed by atoms with E-state index in [0.29, 0.717) is 16.4 Å². The predicted molar refractivity (Wildman–Crippen MR) is 91.2 cm³/mol. The molecule has 0 aliphatic heterocycles. The van der Waals surface area contributed by atoms with Crippen LogP contribution in [0.4, 0.5) is 0 Å². The number of aryl methyl sites for hydroxylation is 1. The van der Waals surface area contributed by atoms with Gasteiger partial charge in [0.25, 0.3) is 5.91 Å². The number of carboxylic acids is 1. The molecule has 2 aromatic heterocycles. The average Bonchev–Trinajstić information content (AvgIpc) is 2.91. The van der Waals surface area contributed by atoms with Gasteiger partial charge in [-0.3, -0.25) is 9.78 Å². The Balaban J connectivity index is 1.93. The van der Waals surface area contributed by atoms with Crippen molar-refractivity contribution in [3.63, 3.8) is 0 Å². The number of carboxylic acid groups (broad SMARTS) is 1. The van der Waals surface area contributed by atoms with E-state index in [4.69, 9.17) is 4.74 Å². The summed E-state index contributed by atoms with van der Waals surface area (Å²) < 4.78 is 6.61. The molecule has 1 aromatic carbocycles. The summed E-state index contributed by atoms with van der Waals surface area (Å²) in [7, 11) is 1.53. The molecule has 0 spiro atoms. The van der Waals surface area contributed by atoms with Gasteiger partial charge in [-0.25, -0.2) is 4.79 Å². The maximum Gasteiger partial charge on any atom is 0.346 e. The molecule has 3 rings (SSSR count). The minimum Gasteiger partial charge on any atom is -0.477 e. The van der Waals surface area contributed by atoms with Crippen molar-refractivity contribution in [1.29, 1.82) is 0 Å². The summed E-state index contributed by atoms with van der Waals surface area (Å²) in [5.41, 5.74) is 1.01. The molecule has 0 fully saturated rings. The second kappa shape index (κ2) is 6.29. The molecule has 0 saturated heterocycles. The highest BCUT2D eigenvalue weighted by molar-refractivity contribution is 7.21. The summed E-state index contributed by atoms with van der Waals surface area (Å²) in [5.74, 6) is -0.180. The van der Waals surface area contributed by atoms with E-state index in [0.717, 1.165) is 15.6 Å². The van der Waals surface area contributed by atoms with E-state index in [1.807, 2.05) is 6.07 Å². The lowest BCUT2D eigenvalue weighted by molar-refractivity contribution is 0.0701. The van der Waals surface area contributed by atoms with Crippen LogP contribution in [0.5, 0.6) is 11.5 Å². The molecule has 0 aliphatic carbocycles. The zero-order valence-corrected chi connectivity index (χ0v) is 13.8. The smallest absolute Gasteiger partial charge is 0.346 e. The Morgan fingerprint density at radius 3 is 2.67 bits per heavy atom. The van der Waals surface area contributed by atoms with Gasteiger partial charge in [-0.2, -0.15) is 0 Å². The number of amides is 1. The Bertz CT molecular complexity index is 949. The van der Waals surface area contributed by atoms with Crippen LogP contribution in [0.1, 0.15) is 25.7 Å². The van der Waals surface area contributed by atoms with Crippen molar-refractivity contribution < 1.29 is 19.4 Å². The standard InChI is InChI=1S/C17H14N2O4S/c1-9-12-4-3-10(8-14(12)24-15(9)17(21)22)23-11-5-6-19-13(7-11)16(20)18-2/h3-8H,1-2H3,(H,18,20)(H,21,22). The average molecular weight is 342 g/mol. The first kappa shape index (κ1) is 15.9. The fourth-order valence-corrected chi connectivity index (χ4v) is 3.41. The number of rotatable bonds is 4. The molecule has 6 nitrogen and oxygen atoms in total. The van der Waals surface area contributed by atoms with Gasteiger partial charge in [0.1, 0.15) is 22.1 Å². The van der Waals surface area contributed by atoms with Crippen molar-refractivity contribution in [1.82, 2.24) is 10.3 Å². The molecule has 0 unspecified atom stereocenters. The second-order valence-corrected chi connectivity index (χ2v) is 6.13.